The highest BCUT2D eigenvalue weighted by molar-refractivity contribution is 5.32. The van der Waals surface area contributed by atoms with Gasteiger partial charge in [-0.25, -0.2) is 0 Å². The fourth-order valence-corrected chi connectivity index (χ4v) is 2.34. The van der Waals surface area contributed by atoms with Gasteiger partial charge in [-0.05, 0) is 38.1 Å². The van der Waals surface area contributed by atoms with Crippen molar-refractivity contribution in [1.82, 2.24) is 20.1 Å². The summed E-state index contributed by atoms with van der Waals surface area (Å²) in [6, 6.07) is 4.22. The lowest BCUT2D eigenvalue weighted by Gasteiger charge is -2.18. The molecule has 0 bridgehead atoms. The lowest BCUT2D eigenvalue weighted by Crippen LogP contribution is -2.21. The summed E-state index contributed by atoms with van der Waals surface area (Å²) in [5.74, 6) is 0.765. The van der Waals surface area contributed by atoms with E-state index in [0.717, 1.165) is 35.7 Å². The Kier molecular flexibility index (Phi) is 4.74. The quantitative estimate of drug-likeness (QED) is 0.877. The summed E-state index contributed by atoms with van der Waals surface area (Å²) in [5.41, 5.74) is 3.34. The Bertz CT molecular complexity index is 565. The molecule has 20 heavy (non-hydrogen) atoms. The third kappa shape index (κ3) is 2.82. The van der Waals surface area contributed by atoms with Gasteiger partial charge in [0.1, 0.15) is 5.75 Å². The van der Waals surface area contributed by atoms with Crippen molar-refractivity contribution in [3.63, 3.8) is 0 Å². The number of nitrogens with zero attached hydrogens (tertiary/aromatic N) is 3. The molecular formula is C15H22N4O. The Morgan fingerprint density at radius 1 is 1.30 bits per heavy atom. The van der Waals surface area contributed by atoms with Crippen molar-refractivity contribution in [2.45, 2.75) is 32.9 Å². The molecule has 0 aromatic carbocycles. The molecule has 2 heterocycles. The number of pyridine rings is 1. The van der Waals surface area contributed by atoms with Crippen LogP contribution < -0.4 is 10.1 Å². The average molecular weight is 274 g/mol. The first kappa shape index (κ1) is 14.5. The molecule has 0 amide bonds. The van der Waals surface area contributed by atoms with E-state index < -0.39 is 0 Å². The van der Waals surface area contributed by atoms with Crippen molar-refractivity contribution >= 4 is 0 Å². The van der Waals surface area contributed by atoms with Gasteiger partial charge in [0.05, 0.1) is 30.7 Å². The molecule has 0 aliphatic heterocycles. The second kappa shape index (κ2) is 6.52. The summed E-state index contributed by atoms with van der Waals surface area (Å²) in [5, 5.41) is 7.95. The van der Waals surface area contributed by atoms with Crippen molar-refractivity contribution in [3.05, 3.63) is 41.5 Å². The fraction of sp³-hybridized carbons (Fsp3) is 0.467. The van der Waals surface area contributed by atoms with Gasteiger partial charge in [0.15, 0.2) is 0 Å². The zero-order chi connectivity index (χ0) is 14.5. The van der Waals surface area contributed by atoms with Crippen LogP contribution in [0.3, 0.4) is 0 Å². The van der Waals surface area contributed by atoms with E-state index in [-0.39, 0.29) is 6.04 Å². The van der Waals surface area contributed by atoms with Crippen LogP contribution in [0.5, 0.6) is 5.75 Å². The first-order valence-corrected chi connectivity index (χ1v) is 6.96. The van der Waals surface area contributed by atoms with E-state index in [1.54, 1.807) is 13.3 Å². The highest BCUT2D eigenvalue weighted by Gasteiger charge is 2.18. The van der Waals surface area contributed by atoms with Crippen LogP contribution >= 0.6 is 0 Å². The van der Waals surface area contributed by atoms with Crippen molar-refractivity contribution in [2.24, 2.45) is 0 Å². The monoisotopic (exact) mass is 274 g/mol. The molecule has 0 aliphatic carbocycles. The van der Waals surface area contributed by atoms with E-state index in [2.05, 4.69) is 35.3 Å². The van der Waals surface area contributed by atoms with E-state index in [1.165, 1.54) is 0 Å². The molecule has 5 heteroatoms. The van der Waals surface area contributed by atoms with Gasteiger partial charge in [-0.2, -0.15) is 5.10 Å². The Morgan fingerprint density at radius 2 is 2.10 bits per heavy atom. The summed E-state index contributed by atoms with van der Waals surface area (Å²) in [6.45, 7) is 5.07. The minimum Gasteiger partial charge on any atom is -0.495 e. The van der Waals surface area contributed by atoms with Gasteiger partial charge in [0, 0.05) is 12.7 Å². The molecule has 0 fully saturated rings. The molecule has 0 aliphatic rings. The zero-order valence-electron chi connectivity index (χ0n) is 12.6. The number of hydrogen-bond acceptors (Lipinski definition) is 4. The number of aryl methyl sites for hydroxylation is 2. The van der Waals surface area contributed by atoms with E-state index in [1.807, 2.05) is 24.0 Å². The number of aromatic nitrogens is 3. The zero-order valence-corrected chi connectivity index (χ0v) is 12.6. The number of rotatable bonds is 6. The summed E-state index contributed by atoms with van der Waals surface area (Å²) in [4.78, 5) is 4.24. The van der Waals surface area contributed by atoms with Crippen molar-refractivity contribution in [1.29, 1.82) is 0 Å². The van der Waals surface area contributed by atoms with E-state index >= 15 is 0 Å². The first-order valence-electron chi connectivity index (χ1n) is 6.96. The SMILES string of the molecule is CCc1cc(C(NC)c2cncc(OC)c2)n(CC)n1. The molecule has 1 unspecified atom stereocenters. The van der Waals surface area contributed by atoms with E-state index in [4.69, 9.17) is 4.74 Å². The number of hydrogen-bond donors (Lipinski definition) is 1. The summed E-state index contributed by atoms with van der Waals surface area (Å²) < 4.78 is 7.30. The molecule has 5 nitrogen and oxygen atoms in total. The minimum absolute atomic E-state index is 0.0605. The van der Waals surface area contributed by atoms with Gasteiger partial charge in [-0.1, -0.05) is 6.92 Å². The van der Waals surface area contributed by atoms with Crippen molar-refractivity contribution in [2.75, 3.05) is 14.2 Å². The Balaban J connectivity index is 2.43. The molecular weight excluding hydrogens is 252 g/mol. The van der Waals surface area contributed by atoms with Crippen LogP contribution in [-0.4, -0.2) is 28.9 Å². The summed E-state index contributed by atoms with van der Waals surface area (Å²) >= 11 is 0. The molecule has 0 saturated heterocycles. The lowest BCUT2D eigenvalue weighted by atomic mass is 10.1. The summed E-state index contributed by atoms with van der Waals surface area (Å²) in [7, 11) is 3.60. The van der Waals surface area contributed by atoms with E-state index in [0.29, 0.717) is 0 Å². The van der Waals surface area contributed by atoms with Crippen LogP contribution in [0.15, 0.2) is 24.5 Å². The van der Waals surface area contributed by atoms with Crippen molar-refractivity contribution < 1.29 is 4.74 Å². The largest absolute Gasteiger partial charge is 0.495 e. The van der Waals surface area contributed by atoms with Crippen LogP contribution in [-0.2, 0) is 13.0 Å². The van der Waals surface area contributed by atoms with Crippen LogP contribution in [0.25, 0.3) is 0 Å². The second-order valence-corrected chi connectivity index (χ2v) is 4.61. The first-order chi connectivity index (χ1) is 9.73. The lowest BCUT2D eigenvalue weighted by molar-refractivity contribution is 0.411. The Hall–Kier alpha value is -1.88. The van der Waals surface area contributed by atoms with Crippen LogP contribution in [0.4, 0.5) is 0 Å². The molecule has 2 aromatic rings. The van der Waals surface area contributed by atoms with Crippen molar-refractivity contribution in [3.8, 4) is 5.75 Å². The van der Waals surface area contributed by atoms with Gasteiger partial charge in [-0.3, -0.25) is 9.67 Å². The Labute approximate surface area is 120 Å². The topological polar surface area (TPSA) is 52.0 Å². The molecule has 0 saturated carbocycles. The maximum absolute atomic E-state index is 5.26. The molecule has 1 N–H and O–H groups in total. The fourth-order valence-electron chi connectivity index (χ4n) is 2.34. The van der Waals surface area contributed by atoms with Gasteiger partial charge in [-0.15, -0.1) is 0 Å². The third-order valence-electron chi connectivity index (χ3n) is 3.41. The molecule has 2 rings (SSSR count). The summed E-state index contributed by atoms with van der Waals surface area (Å²) in [6.07, 6.45) is 4.51. The molecule has 2 aromatic heterocycles. The predicted molar refractivity (Wildman–Crippen MR) is 79.0 cm³/mol. The van der Waals surface area contributed by atoms with Crippen LogP contribution in [0, 0.1) is 0 Å². The predicted octanol–water partition coefficient (Wildman–Crippen LogP) is 2.18. The minimum atomic E-state index is 0.0605. The second-order valence-electron chi connectivity index (χ2n) is 4.61. The standard InChI is InChI=1S/C15H22N4O/c1-5-12-8-14(19(6-2)18-12)15(16-3)11-7-13(20-4)10-17-9-11/h7-10,15-16H,5-6H2,1-4H3. The van der Waals surface area contributed by atoms with Gasteiger partial charge < -0.3 is 10.1 Å². The van der Waals surface area contributed by atoms with E-state index in [9.17, 15) is 0 Å². The third-order valence-corrected chi connectivity index (χ3v) is 3.41. The van der Waals surface area contributed by atoms with Gasteiger partial charge in [0.2, 0.25) is 0 Å². The molecule has 108 valence electrons. The number of ether oxygens (including phenoxy) is 1. The van der Waals surface area contributed by atoms with Gasteiger partial charge >= 0.3 is 0 Å². The smallest absolute Gasteiger partial charge is 0.137 e. The van der Waals surface area contributed by atoms with Crippen LogP contribution in [0.2, 0.25) is 0 Å². The molecule has 1 atom stereocenters. The molecule has 0 radical (unpaired) electrons. The maximum atomic E-state index is 5.26. The average Bonchev–Trinajstić information content (AvgIpc) is 2.91. The molecule has 0 spiro atoms. The maximum Gasteiger partial charge on any atom is 0.137 e. The van der Waals surface area contributed by atoms with Gasteiger partial charge in [0.25, 0.3) is 0 Å². The highest BCUT2D eigenvalue weighted by Crippen LogP contribution is 2.24. The van der Waals surface area contributed by atoms with Crippen LogP contribution in [0.1, 0.15) is 36.8 Å². The number of nitrogens with one attached hydrogen (secondary N) is 1. The Morgan fingerprint density at radius 3 is 2.70 bits per heavy atom. The normalized spacial score (nSPS) is 12.4. The highest BCUT2D eigenvalue weighted by atomic mass is 16.5. The number of methoxy groups -OCH3 is 1.